The van der Waals surface area contributed by atoms with Gasteiger partial charge in [-0.3, -0.25) is 4.98 Å². The highest BCUT2D eigenvalue weighted by molar-refractivity contribution is 5.60. The zero-order valence-corrected chi connectivity index (χ0v) is 10.6. The van der Waals surface area contributed by atoms with Crippen LogP contribution in [0.15, 0.2) is 42.6 Å². The molecule has 0 radical (unpaired) electrons. The highest BCUT2D eigenvalue weighted by atomic mass is 16.5. The highest BCUT2D eigenvalue weighted by Crippen LogP contribution is 2.30. The molecule has 18 heavy (non-hydrogen) atoms. The maximum Gasteiger partial charge on any atom is 0.147 e. The molecule has 1 heterocycles. The molecule has 1 aromatic heterocycles. The van der Waals surface area contributed by atoms with E-state index in [1.54, 1.807) is 18.3 Å². The topological polar surface area (TPSA) is 51.4 Å². The molecule has 0 saturated heterocycles. The van der Waals surface area contributed by atoms with Crippen molar-refractivity contribution in [2.24, 2.45) is 5.84 Å². The van der Waals surface area contributed by atoms with Gasteiger partial charge in [-0.2, -0.15) is 0 Å². The summed E-state index contributed by atoms with van der Waals surface area (Å²) in [6, 6.07) is 11.7. The van der Waals surface area contributed by atoms with E-state index in [1.807, 2.05) is 43.3 Å². The molecular weight excluding hydrogens is 226 g/mol. The van der Waals surface area contributed by atoms with Crippen LogP contribution >= 0.6 is 0 Å². The van der Waals surface area contributed by atoms with Crippen LogP contribution in [0, 0.1) is 6.92 Å². The van der Waals surface area contributed by atoms with Crippen molar-refractivity contribution >= 4 is 5.69 Å². The van der Waals surface area contributed by atoms with Gasteiger partial charge in [-0.05, 0) is 30.7 Å². The van der Waals surface area contributed by atoms with E-state index in [2.05, 4.69) is 4.98 Å². The number of ether oxygens (including phenoxy) is 1. The van der Waals surface area contributed by atoms with Crippen molar-refractivity contribution in [3.63, 3.8) is 0 Å². The molecule has 0 atom stereocenters. The number of nitrogens with zero attached hydrogens (tertiary/aromatic N) is 2. The fourth-order valence-corrected chi connectivity index (χ4v) is 1.73. The van der Waals surface area contributed by atoms with Crippen LogP contribution in [0.2, 0.25) is 0 Å². The smallest absolute Gasteiger partial charge is 0.147 e. The van der Waals surface area contributed by atoms with Gasteiger partial charge in [0.25, 0.3) is 0 Å². The standard InChI is InChI=1S/C14H17N3O/c1-11-6-5-8-13(17(2)15)14(11)18-10-12-7-3-4-9-16-12/h3-9H,10,15H2,1-2H3. The van der Waals surface area contributed by atoms with Gasteiger partial charge < -0.3 is 9.75 Å². The second kappa shape index (κ2) is 5.51. The van der Waals surface area contributed by atoms with Crippen LogP contribution in [-0.4, -0.2) is 12.0 Å². The monoisotopic (exact) mass is 243 g/mol. The molecule has 0 fully saturated rings. The van der Waals surface area contributed by atoms with Gasteiger partial charge in [-0.25, -0.2) is 5.84 Å². The first-order chi connectivity index (χ1) is 8.68. The maximum absolute atomic E-state index is 5.83. The summed E-state index contributed by atoms with van der Waals surface area (Å²) in [5, 5.41) is 1.56. The number of para-hydroxylation sites is 1. The van der Waals surface area contributed by atoms with Crippen molar-refractivity contribution in [2.75, 3.05) is 12.1 Å². The molecule has 2 N–H and O–H groups in total. The Bertz CT molecular complexity index is 512. The predicted molar refractivity (Wildman–Crippen MR) is 72.3 cm³/mol. The van der Waals surface area contributed by atoms with E-state index >= 15 is 0 Å². The van der Waals surface area contributed by atoms with Gasteiger partial charge in [0.1, 0.15) is 12.4 Å². The molecule has 0 bridgehead atoms. The van der Waals surface area contributed by atoms with Crippen molar-refractivity contribution in [3.8, 4) is 5.75 Å². The van der Waals surface area contributed by atoms with E-state index in [4.69, 9.17) is 10.6 Å². The lowest BCUT2D eigenvalue weighted by molar-refractivity contribution is 0.300. The summed E-state index contributed by atoms with van der Waals surface area (Å²) in [7, 11) is 1.79. The van der Waals surface area contributed by atoms with E-state index in [1.165, 1.54) is 0 Å². The van der Waals surface area contributed by atoms with Crippen LogP contribution in [0.1, 0.15) is 11.3 Å². The Hall–Kier alpha value is -2.07. The molecule has 0 aliphatic carbocycles. The molecule has 0 aliphatic heterocycles. The molecule has 94 valence electrons. The SMILES string of the molecule is Cc1cccc(N(C)N)c1OCc1ccccn1. The molecule has 4 heteroatoms. The van der Waals surface area contributed by atoms with E-state index in [-0.39, 0.29) is 0 Å². The number of aryl methyl sites for hydroxylation is 1. The normalized spacial score (nSPS) is 10.2. The summed E-state index contributed by atoms with van der Waals surface area (Å²) in [6.07, 6.45) is 1.76. The van der Waals surface area contributed by atoms with E-state index < -0.39 is 0 Å². The number of nitrogens with two attached hydrogens (primary N) is 1. The van der Waals surface area contributed by atoms with E-state index in [0.717, 1.165) is 22.7 Å². The Kier molecular flexibility index (Phi) is 3.79. The lowest BCUT2D eigenvalue weighted by Crippen LogP contribution is -2.25. The van der Waals surface area contributed by atoms with Gasteiger partial charge in [0.05, 0.1) is 11.4 Å². The number of hydrazine groups is 1. The zero-order valence-electron chi connectivity index (χ0n) is 10.6. The summed E-state index contributed by atoms with van der Waals surface area (Å²) < 4.78 is 5.83. The molecule has 0 aliphatic rings. The van der Waals surface area contributed by atoms with Gasteiger partial charge in [-0.1, -0.05) is 18.2 Å². The first kappa shape index (κ1) is 12.4. The number of pyridine rings is 1. The first-order valence-electron chi connectivity index (χ1n) is 5.79. The Balaban J connectivity index is 2.19. The number of aromatic nitrogens is 1. The van der Waals surface area contributed by atoms with Crippen LogP contribution in [0.3, 0.4) is 0 Å². The Labute approximate surface area is 107 Å². The van der Waals surface area contributed by atoms with Gasteiger partial charge >= 0.3 is 0 Å². The van der Waals surface area contributed by atoms with Crippen molar-refractivity contribution in [1.29, 1.82) is 0 Å². The lowest BCUT2D eigenvalue weighted by Gasteiger charge is -2.19. The molecule has 0 amide bonds. The number of benzene rings is 1. The first-order valence-corrected chi connectivity index (χ1v) is 5.79. The van der Waals surface area contributed by atoms with Crippen molar-refractivity contribution < 1.29 is 4.74 Å². The third-order valence-corrected chi connectivity index (χ3v) is 2.66. The van der Waals surface area contributed by atoms with Crippen molar-refractivity contribution in [3.05, 3.63) is 53.9 Å². The third kappa shape index (κ3) is 2.78. The quantitative estimate of drug-likeness (QED) is 0.661. The van der Waals surface area contributed by atoms with Crippen LogP contribution in [0.5, 0.6) is 5.75 Å². The number of hydrogen-bond acceptors (Lipinski definition) is 4. The van der Waals surface area contributed by atoms with E-state index in [9.17, 15) is 0 Å². The molecule has 4 nitrogen and oxygen atoms in total. The highest BCUT2D eigenvalue weighted by Gasteiger charge is 2.09. The van der Waals surface area contributed by atoms with Crippen LogP contribution in [0.4, 0.5) is 5.69 Å². The average molecular weight is 243 g/mol. The van der Waals surface area contributed by atoms with Crippen molar-refractivity contribution in [1.82, 2.24) is 4.98 Å². The minimum absolute atomic E-state index is 0.437. The van der Waals surface area contributed by atoms with Crippen LogP contribution in [-0.2, 0) is 6.61 Å². The second-order valence-electron chi connectivity index (χ2n) is 4.14. The molecular formula is C14H17N3O. The zero-order chi connectivity index (χ0) is 13.0. The summed E-state index contributed by atoms with van der Waals surface area (Å²) in [4.78, 5) is 4.23. The molecule has 0 saturated carbocycles. The minimum Gasteiger partial charge on any atom is -0.485 e. The molecule has 2 rings (SSSR count). The number of rotatable bonds is 4. The minimum atomic E-state index is 0.437. The third-order valence-electron chi connectivity index (χ3n) is 2.66. The molecule has 1 aromatic carbocycles. The van der Waals surface area contributed by atoms with Gasteiger partial charge in [-0.15, -0.1) is 0 Å². The van der Waals surface area contributed by atoms with Gasteiger partial charge in [0, 0.05) is 13.2 Å². The molecule has 2 aromatic rings. The number of anilines is 1. The Morgan fingerprint density at radius 2 is 2.06 bits per heavy atom. The molecule has 0 unspecified atom stereocenters. The summed E-state index contributed by atoms with van der Waals surface area (Å²) in [6.45, 7) is 2.44. The summed E-state index contributed by atoms with van der Waals surface area (Å²) >= 11 is 0. The fraction of sp³-hybridized carbons (Fsp3) is 0.214. The van der Waals surface area contributed by atoms with E-state index in [0.29, 0.717) is 6.61 Å². The van der Waals surface area contributed by atoms with Crippen LogP contribution < -0.4 is 15.6 Å². The van der Waals surface area contributed by atoms with Gasteiger partial charge in [0.15, 0.2) is 0 Å². The number of hydrogen-bond donors (Lipinski definition) is 1. The Morgan fingerprint density at radius 3 is 2.72 bits per heavy atom. The average Bonchev–Trinajstić information content (AvgIpc) is 2.38. The largest absolute Gasteiger partial charge is 0.485 e. The predicted octanol–water partition coefficient (Wildman–Crippen LogP) is 2.28. The van der Waals surface area contributed by atoms with Gasteiger partial charge in [0.2, 0.25) is 0 Å². The van der Waals surface area contributed by atoms with Crippen molar-refractivity contribution in [2.45, 2.75) is 13.5 Å². The summed E-state index contributed by atoms with van der Waals surface area (Å²) in [5.74, 6) is 6.59. The fourth-order valence-electron chi connectivity index (χ4n) is 1.73. The maximum atomic E-state index is 5.83. The summed E-state index contributed by atoms with van der Waals surface area (Å²) in [5.41, 5.74) is 2.82. The Morgan fingerprint density at radius 1 is 1.22 bits per heavy atom. The second-order valence-corrected chi connectivity index (χ2v) is 4.14. The molecule has 0 spiro atoms. The lowest BCUT2D eigenvalue weighted by atomic mass is 10.2. The van der Waals surface area contributed by atoms with Crippen LogP contribution in [0.25, 0.3) is 0 Å².